The number of benzene rings is 1. The van der Waals surface area contributed by atoms with E-state index in [1.165, 1.54) is 0 Å². The molecular weight excluding hydrogens is 236 g/mol. The van der Waals surface area contributed by atoms with E-state index in [1.54, 1.807) is 0 Å². The van der Waals surface area contributed by atoms with Crippen LogP contribution in [0.25, 0.3) is 0 Å². The minimum Gasteiger partial charge on any atom is -0.387 e. The number of anilines is 1. The number of hydrogen-bond acceptors (Lipinski definition) is 2. The Morgan fingerprint density at radius 2 is 1.95 bits per heavy atom. The van der Waals surface area contributed by atoms with Crippen LogP contribution >= 0.6 is 0 Å². The zero-order valence-corrected chi connectivity index (χ0v) is 12.9. The summed E-state index contributed by atoms with van der Waals surface area (Å²) in [5, 5.41) is 6.11. The maximum absolute atomic E-state index is 12.3. The number of carbonyl (C=O) groups excluding carboxylic acids is 1. The fraction of sp³-hybridized carbons (Fsp3) is 0.562. The molecule has 0 heterocycles. The molecule has 106 valence electrons. The quantitative estimate of drug-likeness (QED) is 0.853. The number of hydrogen-bond donors (Lipinski definition) is 2. The minimum absolute atomic E-state index is 0.0157. The predicted octanol–water partition coefficient (Wildman–Crippen LogP) is 3.45. The number of rotatable bonds is 5. The van der Waals surface area contributed by atoms with Crippen LogP contribution in [0.3, 0.4) is 0 Å². The third-order valence-electron chi connectivity index (χ3n) is 3.96. The molecule has 0 aliphatic carbocycles. The van der Waals surface area contributed by atoms with Crippen LogP contribution in [-0.2, 0) is 0 Å². The first kappa shape index (κ1) is 15.5. The lowest BCUT2D eigenvalue weighted by Crippen LogP contribution is -2.37. The minimum atomic E-state index is -0.0157. The highest BCUT2D eigenvalue weighted by Crippen LogP contribution is 2.25. The zero-order valence-electron chi connectivity index (χ0n) is 12.9. The molecule has 0 aliphatic rings. The monoisotopic (exact) mass is 262 g/mol. The first-order chi connectivity index (χ1) is 8.77. The molecule has 0 spiro atoms. The largest absolute Gasteiger partial charge is 0.387 e. The average molecular weight is 262 g/mol. The van der Waals surface area contributed by atoms with Crippen LogP contribution in [0.1, 0.15) is 43.6 Å². The van der Waals surface area contributed by atoms with Crippen molar-refractivity contribution in [3.8, 4) is 0 Å². The summed E-state index contributed by atoms with van der Waals surface area (Å²) in [7, 11) is 1.84. The zero-order chi connectivity index (χ0) is 14.6. The van der Waals surface area contributed by atoms with Gasteiger partial charge in [0, 0.05) is 19.3 Å². The molecule has 1 aromatic rings. The van der Waals surface area contributed by atoms with Crippen molar-refractivity contribution in [1.29, 1.82) is 0 Å². The molecule has 0 fully saturated rings. The summed E-state index contributed by atoms with van der Waals surface area (Å²) in [6, 6.07) is 5.82. The third kappa shape index (κ3) is 3.98. The molecule has 0 aliphatic heterocycles. The summed E-state index contributed by atoms with van der Waals surface area (Å²) in [6.45, 7) is 11.4. The Balaban J connectivity index is 2.79. The first-order valence-corrected chi connectivity index (χ1v) is 6.84. The smallest absolute Gasteiger partial charge is 0.253 e. The highest BCUT2D eigenvalue weighted by atomic mass is 16.1. The predicted molar refractivity (Wildman–Crippen MR) is 81.7 cm³/mol. The molecule has 0 atom stereocenters. The molecule has 3 nitrogen and oxygen atoms in total. The van der Waals surface area contributed by atoms with Gasteiger partial charge in [-0.2, -0.15) is 0 Å². The molecule has 0 bridgehead atoms. The Morgan fingerprint density at radius 3 is 2.47 bits per heavy atom. The summed E-state index contributed by atoms with van der Waals surface area (Å²) < 4.78 is 0. The fourth-order valence-electron chi connectivity index (χ4n) is 1.67. The maximum Gasteiger partial charge on any atom is 0.253 e. The van der Waals surface area contributed by atoms with Crippen molar-refractivity contribution in [3.05, 3.63) is 29.3 Å². The second kappa shape index (κ2) is 6.09. The molecule has 2 N–H and O–H groups in total. The van der Waals surface area contributed by atoms with Crippen molar-refractivity contribution in [2.45, 2.75) is 34.6 Å². The van der Waals surface area contributed by atoms with Crippen molar-refractivity contribution >= 4 is 11.6 Å². The van der Waals surface area contributed by atoms with E-state index in [-0.39, 0.29) is 11.3 Å². The van der Waals surface area contributed by atoms with E-state index < -0.39 is 0 Å². The van der Waals surface area contributed by atoms with Crippen LogP contribution in [0.5, 0.6) is 0 Å². The van der Waals surface area contributed by atoms with Gasteiger partial charge in [0.2, 0.25) is 0 Å². The van der Waals surface area contributed by atoms with Gasteiger partial charge in [-0.15, -0.1) is 0 Å². The summed E-state index contributed by atoms with van der Waals surface area (Å²) >= 11 is 0. The summed E-state index contributed by atoms with van der Waals surface area (Å²) in [5.41, 5.74) is 2.82. The number of aryl methyl sites for hydroxylation is 1. The Kier molecular flexibility index (Phi) is 4.98. The van der Waals surface area contributed by atoms with Gasteiger partial charge in [0.15, 0.2) is 0 Å². The molecule has 0 radical (unpaired) electrons. The molecule has 1 amide bonds. The molecule has 19 heavy (non-hydrogen) atoms. The van der Waals surface area contributed by atoms with Gasteiger partial charge in [-0.25, -0.2) is 0 Å². The van der Waals surface area contributed by atoms with Crippen LogP contribution in [0.15, 0.2) is 18.2 Å². The molecule has 0 saturated carbocycles. The lowest BCUT2D eigenvalue weighted by molar-refractivity contribution is 0.0925. The molecule has 3 heteroatoms. The van der Waals surface area contributed by atoms with Crippen molar-refractivity contribution < 1.29 is 4.79 Å². The van der Waals surface area contributed by atoms with Crippen LogP contribution in [0, 0.1) is 18.3 Å². The van der Waals surface area contributed by atoms with Crippen molar-refractivity contribution in [3.63, 3.8) is 0 Å². The van der Waals surface area contributed by atoms with E-state index >= 15 is 0 Å². The molecule has 1 rings (SSSR count). The number of carbonyl (C=O) groups is 1. The maximum atomic E-state index is 12.3. The van der Waals surface area contributed by atoms with Gasteiger partial charge >= 0.3 is 0 Å². The van der Waals surface area contributed by atoms with E-state index in [9.17, 15) is 4.79 Å². The van der Waals surface area contributed by atoms with Gasteiger partial charge in [-0.1, -0.05) is 33.8 Å². The van der Waals surface area contributed by atoms with Gasteiger partial charge in [-0.05, 0) is 36.0 Å². The van der Waals surface area contributed by atoms with Gasteiger partial charge in [0.1, 0.15) is 0 Å². The van der Waals surface area contributed by atoms with Gasteiger partial charge in [0.05, 0.1) is 5.56 Å². The Bertz CT molecular complexity index is 450. The summed E-state index contributed by atoms with van der Waals surface area (Å²) in [5.74, 6) is 0.507. The fourth-order valence-corrected chi connectivity index (χ4v) is 1.67. The second-order valence-corrected chi connectivity index (χ2v) is 6.12. The lowest BCUT2D eigenvalue weighted by atomic mass is 9.81. The highest BCUT2D eigenvalue weighted by Gasteiger charge is 2.23. The molecular formula is C16H26N2O. The molecule has 1 aromatic carbocycles. The number of amides is 1. The van der Waals surface area contributed by atoms with Crippen molar-refractivity contribution in [2.24, 2.45) is 11.3 Å². The molecule has 0 unspecified atom stereocenters. The van der Waals surface area contributed by atoms with E-state index in [2.05, 4.69) is 38.3 Å². The van der Waals surface area contributed by atoms with Gasteiger partial charge < -0.3 is 10.6 Å². The topological polar surface area (TPSA) is 41.1 Å². The molecule has 0 saturated heterocycles. The van der Waals surface area contributed by atoms with E-state index in [4.69, 9.17) is 0 Å². The van der Waals surface area contributed by atoms with Crippen LogP contribution in [0.2, 0.25) is 0 Å². The van der Waals surface area contributed by atoms with Crippen LogP contribution in [-0.4, -0.2) is 19.5 Å². The van der Waals surface area contributed by atoms with Gasteiger partial charge in [0.25, 0.3) is 5.91 Å². The first-order valence-electron chi connectivity index (χ1n) is 6.84. The van der Waals surface area contributed by atoms with Crippen LogP contribution < -0.4 is 10.6 Å². The molecule has 0 aromatic heterocycles. The standard InChI is InChI=1S/C16H26N2O/c1-11(2)16(4,5)10-18-15(19)13-8-7-12(3)9-14(13)17-6/h7-9,11,17H,10H2,1-6H3,(H,18,19). The van der Waals surface area contributed by atoms with Crippen LogP contribution in [0.4, 0.5) is 5.69 Å². The van der Waals surface area contributed by atoms with E-state index in [0.29, 0.717) is 18.0 Å². The second-order valence-electron chi connectivity index (χ2n) is 6.12. The Labute approximate surface area is 116 Å². The Morgan fingerprint density at radius 1 is 1.32 bits per heavy atom. The van der Waals surface area contributed by atoms with Crippen molar-refractivity contribution in [1.82, 2.24) is 5.32 Å². The summed E-state index contributed by atoms with van der Waals surface area (Å²) in [6.07, 6.45) is 0. The third-order valence-corrected chi connectivity index (χ3v) is 3.96. The Hall–Kier alpha value is -1.51. The summed E-state index contributed by atoms with van der Waals surface area (Å²) in [4.78, 5) is 12.3. The average Bonchev–Trinajstić information content (AvgIpc) is 2.35. The SMILES string of the molecule is CNc1cc(C)ccc1C(=O)NCC(C)(C)C(C)C. The van der Waals surface area contributed by atoms with Crippen molar-refractivity contribution in [2.75, 3.05) is 18.9 Å². The van der Waals surface area contributed by atoms with E-state index in [0.717, 1.165) is 11.3 Å². The number of nitrogens with one attached hydrogen (secondary N) is 2. The lowest BCUT2D eigenvalue weighted by Gasteiger charge is -2.29. The van der Waals surface area contributed by atoms with E-state index in [1.807, 2.05) is 32.2 Å². The van der Waals surface area contributed by atoms with Gasteiger partial charge in [-0.3, -0.25) is 4.79 Å². The normalized spacial score (nSPS) is 11.5. The highest BCUT2D eigenvalue weighted by molar-refractivity contribution is 5.99.